The number of fused-ring (bicyclic) bond motifs is 2. The van der Waals surface area contributed by atoms with Crippen LogP contribution in [0.15, 0.2) is 60.7 Å². The van der Waals surface area contributed by atoms with Crippen LogP contribution in [-0.2, 0) is 23.7 Å². The number of aliphatic hydroxyl groups is 1. The maximum absolute atomic E-state index is 13.8. The number of aliphatic hydroxyl groups excluding tert-OH is 1. The molecule has 5 nitrogen and oxygen atoms in total. The molecule has 50 heavy (non-hydrogen) atoms. The molecule has 0 radical (unpaired) electrons. The molecule has 0 amide bonds. The zero-order valence-corrected chi connectivity index (χ0v) is 28.3. The zero-order chi connectivity index (χ0) is 36.2. The number of rotatable bonds is 6. The highest BCUT2D eigenvalue weighted by Gasteiger charge is 2.39. The van der Waals surface area contributed by atoms with Gasteiger partial charge in [-0.15, -0.1) is 0 Å². The van der Waals surface area contributed by atoms with E-state index in [2.05, 4.69) is 18.6 Å². The quantitative estimate of drug-likeness (QED) is 0.160. The van der Waals surface area contributed by atoms with E-state index in [1.807, 2.05) is 0 Å². The van der Waals surface area contributed by atoms with Crippen LogP contribution in [0, 0.1) is 11.8 Å². The number of methoxy groups -OCH3 is 1. The number of esters is 1. The topological polar surface area (TPSA) is 65.0 Å². The molecule has 0 aromatic heterocycles. The summed E-state index contributed by atoms with van der Waals surface area (Å²) in [4.78, 5) is 11.9. The zero-order valence-electron chi connectivity index (χ0n) is 28.3. The Kier molecular flexibility index (Phi) is 11.5. The van der Waals surface area contributed by atoms with Gasteiger partial charge in [0, 0.05) is 0 Å². The molecule has 6 rings (SSSR count). The summed E-state index contributed by atoms with van der Waals surface area (Å²) in [5.74, 6) is 0.238. The standard InChI is InChI=1S/C20H21F3O3.C19H21F3O2/c1-12-6-8-13(9-7-12)26-17-11-10-14-15(18(17)20(21,22)23)4-3-5-16(14)19(24)25-2;1-12-5-7-14(8-6-12)24-17-10-9-15-13(11-23)3-2-4-16(15)18(17)19(20,21)22/h3-5,10-13H,6-9H2,1-2H3;2-4,9-10,12,14,23H,5-8,11H2,1H3. The number of halogens is 6. The highest BCUT2D eigenvalue weighted by Crippen LogP contribution is 2.45. The number of carbonyl (C=O) groups is 1. The Labute approximate surface area is 287 Å². The molecule has 4 aromatic carbocycles. The SMILES string of the molecule is CC1CCC(Oc2ccc3c(CO)cccc3c2C(F)(F)F)CC1.COC(=O)c1cccc2c(C(F)(F)F)c(OC3CCC(C)CC3)ccc12. The highest BCUT2D eigenvalue weighted by molar-refractivity contribution is 6.06. The van der Waals surface area contributed by atoms with Crippen LogP contribution < -0.4 is 9.47 Å². The van der Waals surface area contributed by atoms with Crippen molar-refractivity contribution in [1.82, 2.24) is 0 Å². The molecule has 270 valence electrons. The molecule has 0 atom stereocenters. The van der Waals surface area contributed by atoms with Crippen LogP contribution in [0.5, 0.6) is 11.5 Å². The Bertz CT molecular complexity index is 1780. The van der Waals surface area contributed by atoms with Crippen LogP contribution in [0.4, 0.5) is 26.3 Å². The van der Waals surface area contributed by atoms with Crippen molar-refractivity contribution >= 4 is 27.5 Å². The number of ether oxygens (including phenoxy) is 3. The first-order valence-corrected chi connectivity index (χ1v) is 17.0. The third-order valence-electron chi connectivity index (χ3n) is 9.79. The second-order valence-electron chi connectivity index (χ2n) is 13.4. The van der Waals surface area contributed by atoms with E-state index < -0.39 is 29.4 Å². The van der Waals surface area contributed by atoms with Crippen molar-refractivity contribution in [3.8, 4) is 11.5 Å². The molecule has 11 heteroatoms. The second kappa shape index (κ2) is 15.5. The van der Waals surface area contributed by atoms with E-state index in [4.69, 9.17) is 9.47 Å². The van der Waals surface area contributed by atoms with Gasteiger partial charge in [-0.05, 0) is 115 Å². The maximum atomic E-state index is 13.8. The van der Waals surface area contributed by atoms with E-state index >= 15 is 0 Å². The van der Waals surface area contributed by atoms with Crippen LogP contribution in [0.25, 0.3) is 21.5 Å². The lowest BCUT2D eigenvalue weighted by atomic mass is 9.89. The fraction of sp³-hybridized carbons (Fsp3) is 0.462. The van der Waals surface area contributed by atoms with Gasteiger partial charge in [-0.3, -0.25) is 0 Å². The van der Waals surface area contributed by atoms with E-state index in [0.717, 1.165) is 51.4 Å². The number of benzene rings is 4. The van der Waals surface area contributed by atoms with Gasteiger partial charge >= 0.3 is 18.3 Å². The summed E-state index contributed by atoms with van der Waals surface area (Å²) in [6, 6.07) is 14.7. The van der Waals surface area contributed by atoms with Crippen molar-refractivity contribution in [2.45, 2.75) is 96.4 Å². The lowest BCUT2D eigenvalue weighted by Crippen LogP contribution is -2.24. The molecule has 2 aliphatic carbocycles. The molecule has 0 saturated heterocycles. The molecule has 0 aliphatic heterocycles. The van der Waals surface area contributed by atoms with Gasteiger partial charge in [-0.1, -0.05) is 50.2 Å². The molecule has 0 heterocycles. The van der Waals surface area contributed by atoms with Crippen LogP contribution >= 0.6 is 0 Å². The summed E-state index contributed by atoms with van der Waals surface area (Å²) < 4.78 is 98.7. The molecule has 2 aliphatic rings. The smallest absolute Gasteiger partial charge is 0.420 e. The molecule has 0 bridgehead atoms. The van der Waals surface area contributed by atoms with Crippen molar-refractivity contribution < 1.29 is 50.5 Å². The largest absolute Gasteiger partial charge is 0.490 e. The van der Waals surface area contributed by atoms with Gasteiger partial charge in [-0.2, -0.15) is 26.3 Å². The van der Waals surface area contributed by atoms with Gasteiger partial charge < -0.3 is 19.3 Å². The Morgan fingerprint density at radius 2 is 1.08 bits per heavy atom. The van der Waals surface area contributed by atoms with Gasteiger partial charge in [0.1, 0.15) is 22.6 Å². The van der Waals surface area contributed by atoms with Gasteiger partial charge in [0.05, 0.1) is 31.5 Å². The summed E-state index contributed by atoms with van der Waals surface area (Å²) in [5.41, 5.74) is -0.988. The second-order valence-corrected chi connectivity index (χ2v) is 13.4. The van der Waals surface area contributed by atoms with Gasteiger partial charge in [-0.25, -0.2) is 4.79 Å². The van der Waals surface area contributed by atoms with E-state index in [1.54, 1.807) is 12.1 Å². The Morgan fingerprint density at radius 3 is 1.52 bits per heavy atom. The summed E-state index contributed by atoms with van der Waals surface area (Å²) in [6.45, 7) is 4.00. The van der Waals surface area contributed by atoms with Crippen molar-refractivity contribution in [3.63, 3.8) is 0 Å². The first-order chi connectivity index (χ1) is 23.7. The molecule has 2 fully saturated rings. The maximum Gasteiger partial charge on any atom is 0.420 e. The van der Waals surface area contributed by atoms with E-state index in [-0.39, 0.29) is 52.0 Å². The Morgan fingerprint density at radius 1 is 0.640 bits per heavy atom. The predicted octanol–water partition coefficient (Wildman–Crippen LogP) is 10.9. The van der Waals surface area contributed by atoms with E-state index in [0.29, 0.717) is 22.8 Å². The number of hydrogen-bond donors (Lipinski definition) is 1. The summed E-state index contributed by atoms with van der Waals surface area (Å²) >= 11 is 0. The third kappa shape index (κ3) is 8.48. The van der Waals surface area contributed by atoms with Crippen LogP contribution in [0.3, 0.4) is 0 Å². The van der Waals surface area contributed by atoms with E-state index in [1.165, 1.54) is 55.6 Å². The summed E-state index contributed by atoms with van der Waals surface area (Å²) in [7, 11) is 1.20. The van der Waals surface area contributed by atoms with Gasteiger partial charge in [0.2, 0.25) is 0 Å². The average molecular weight is 705 g/mol. The predicted molar refractivity (Wildman–Crippen MR) is 179 cm³/mol. The Balaban J connectivity index is 0.000000195. The van der Waals surface area contributed by atoms with Crippen molar-refractivity contribution in [2.24, 2.45) is 11.8 Å². The number of hydrogen-bond acceptors (Lipinski definition) is 5. The fourth-order valence-electron chi connectivity index (χ4n) is 7.00. The van der Waals surface area contributed by atoms with Gasteiger partial charge in [0.25, 0.3) is 0 Å². The first kappa shape index (κ1) is 37.3. The van der Waals surface area contributed by atoms with Gasteiger partial charge in [0.15, 0.2) is 0 Å². The lowest BCUT2D eigenvalue weighted by molar-refractivity contribution is -0.139. The van der Waals surface area contributed by atoms with Crippen molar-refractivity contribution in [1.29, 1.82) is 0 Å². The molecule has 1 N–H and O–H groups in total. The molecule has 4 aromatic rings. The van der Waals surface area contributed by atoms with Crippen molar-refractivity contribution in [3.05, 3.63) is 82.9 Å². The van der Waals surface area contributed by atoms with Crippen LogP contribution in [0.2, 0.25) is 0 Å². The molecular weight excluding hydrogens is 662 g/mol. The molecule has 0 spiro atoms. The Hall–Kier alpha value is -3.99. The molecular formula is C39H42F6O5. The van der Waals surface area contributed by atoms with Crippen LogP contribution in [-0.4, -0.2) is 30.4 Å². The minimum Gasteiger partial charge on any atom is -0.490 e. The van der Waals surface area contributed by atoms with E-state index in [9.17, 15) is 36.2 Å². The lowest BCUT2D eigenvalue weighted by Gasteiger charge is -2.28. The molecule has 0 unspecified atom stereocenters. The van der Waals surface area contributed by atoms with Crippen LogP contribution in [0.1, 0.15) is 92.3 Å². The third-order valence-corrected chi connectivity index (χ3v) is 9.79. The number of carbonyl (C=O) groups excluding carboxylic acids is 1. The minimum atomic E-state index is -4.59. The minimum absolute atomic E-state index is 0.0536. The summed E-state index contributed by atoms with van der Waals surface area (Å²) in [6.07, 6.45) is -2.55. The number of alkyl halides is 6. The summed E-state index contributed by atoms with van der Waals surface area (Å²) in [5, 5.41) is 10.0. The highest BCUT2D eigenvalue weighted by atomic mass is 19.4. The first-order valence-electron chi connectivity index (χ1n) is 17.0. The molecule has 2 saturated carbocycles. The monoisotopic (exact) mass is 704 g/mol. The average Bonchev–Trinajstić information content (AvgIpc) is 3.08. The van der Waals surface area contributed by atoms with Crippen molar-refractivity contribution in [2.75, 3.05) is 7.11 Å². The fourth-order valence-corrected chi connectivity index (χ4v) is 7.00. The normalized spacial score (nSPS) is 21.3.